The van der Waals surface area contributed by atoms with E-state index in [1.807, 2.05) is 36.4 Å². The maximum Gasteiger partial charge on any atom is 0.250 e. The highest BCUT2D eigenvalue weighted by Crippen LogP contribution is 2.31. The molecule has 1 aromatic heterocycles. The molecule has 1 heterocycles. The second kappa shape index (κ2) is 11.3. The van der Waals surface area contributed by atoms with Crippen LogP contribution < -0.4 is 10.2 Å². The largest absolute Gasteiger partial charge is 0.496 e. The minimum Gasteiger partial charge on any atom is -0.496 e. The van der Waals surface area contributed by atoms with Gasteiger partial charge in [-0.05, 0) is 29.3 Å². The lowest BCUT2D eigenvalue weighted by Gasteiger charge is -2.08. The highest BCUT2D eigenvalue weighted by atomic mass is 32.2. The zero-order valence-corrected chi connectivity index (χ0v) is 20.6. The number of hydrogen-bond acceptors (Lipinski definition) is 8. The van der Waals surface area contributed by atoms with Crippen molar-refractivity contribution in [2.75, 3.05) is 12.9 Å². The number of carbonyl (C=O) groups excluding carboxylic acids is 1. The highest BCUT2D eigenvalue weighted by Gasteiger charge is 2.10. The van der Waals surface area contributed by atoms with Crippen molar-refractivity contribution >= 4 is 57.8 Å². The Morgan fingerprint density at radius 2 is 1.82 bits per heavy atom. The van der Waals surface area contributed by atoms with Crippen molar-refractivity contribution in [2.24, 2.45) is 5.10 Å². The lowest BCUT2D eigenvalue weighted by atomic mass is 10.0. The predicted molar refractivity (Wildman–Crippen MR) is 138 cm³/mol. The number of hydrogen-bond donors (Lipinski definition) is 1. The average Bonchev–Trinajstić information content (AvgIpc) is 3.30. The van der Waals surface area contributed by atoms with Gasteiger partial charge >= 0.3 is 0 Å². The zero-order valence-electron chi connectivity index (χ0n) is 18.1. The molecule has 0 spiro atoms. The number of nitrogens with one attached hydrogen (secondary N) is 1. The summed E-state index contributed by atoms with van der Waals surface area (Å²) in [6.45, 7) is 2.08. The molecule has 168 valence electrons. The fourth-order valence-corrected chi connectivity index (χ4v) is 5.83. The second-order valence-electron chi connectivity index (χ2n) is 7.09. The molecule has 0 aliphatic rings. The first kappa shape index (κ1) is 23.3. The summed E-state index contributed by atoms with van der Waals surface area (Å²) >= 11 is 4.49. The first-order valence-corrected chi connectivity index (χ1v) is 12.9. The average molecular weight is 495 g/mol. The third-order valence-corrected chi connectivity index (χ3v) is 7.99. The van der Waals surface area contributed by atoms with Gasteiger partial charge in [0, 0.05) is 11.3 Å². The molecule has 0 atom stereocenters. The van der Waals surface area contributed by atoms with Crippen molar-refractivity contribution in [1.82, 2.24) is 15.6 Å². The maximum atomic E-state index is 12.2. The van der Waals surface area contributed by atoms with Crippen LogP contribution in [0.25, 0.3) is 10.8 Å². The molecule has 1 amide bonds. The summed E-state index contributed by atoms with van der Waals surface area (Å²) in [4.78, 5) is 12.2. The number of nitrogens with zero attached hydrogens (tertiary/aromatic N) is 3. The van der Waals surface area contributed by atoms with Crippen LogP contribution in [0.5, 0.6) is 5.75 Å². The monoisotopic (exact) mass is 494 g/mol. The molecule has 0 bridgehead atoms. The van der Waals surface area contributed by atoms with E-state index in [1.54, 1.807) is 25.1 Å². The van der Waals surface area contributed by atoms with Crippen LogP contribution >= 0.6 is 34.9 Å². The van der Waals surface area contributed by atoms with Crippen LogP contribution in [0.3, 0.4) is 0 Å². The minimum absolute atomic E-state index is 0.209. The third kappa shape index (κ3) is 6.34. The molecular formula is C24H22N4O2S3. The van der Waals surface area contributed by atoms with Crippen LogP contribution in [0.1, 0.15) is 16.7 Å². The van der Waals surface area contributed by atoms with Gasteiger partial charge in [-0.15, -0.1) is 10.2 Å². The van der Waals surface area contributed by atoms with Gasteiger partial charge in [0.2, 0.25) is 0 Å². The van der Waals surface area contributed by atoms with E-state index in [-0.39, 0.29) is 11.7 Å². The summed E-state index contributed by atoms with van der Waals surface area (Å²) in [5.41, 5.74) is 5.90. The molecule has 33 heavy (non-hydrogen) atoms. The Kier molecular flexibility index (Phi) is 7.98. The number of aryl methyl sites for hydroxylation is 1. The number of rotatable bonds is 9. The van der Waals surface area contributed by atoms with E-state index in [4.69, 9.17) is 4.74 Å². The van der Waals surface area contributed by atoms with Gasteiger partial charge in [-0.25, -0.2) is 5.43 Å². The number of amides is 1. The fourth-order valence-electron chi connectivity index (χ4n) is 3.06. The molecule has 0 aliphatic heterocycles. The maximum absolute atomic E-state index is 12.2. The van der Waals surface area contributed by atoms with Crippen molar-refractivity contribution < 1.29 is 9.53 Å². The zero-order chi connectivity index (χ0) is 23.0. The van der Waals surface area contributed by atoms with E-state index in [1.165, 1.54) is 34.2 Å². The van der Waals surface area contributed by atoms with Crippen LogP contribution in [0.15, 0.2) is 74.4 Å². The molecule has 0 unspecified atom stereocenters. The molecule has 0 radical (unpaired) electrons. The van der Waals surface area contributed by atoms with Gasteiger partial charge in [-0.1, -0.05) is 95.0 Å². The Labute approximate surface area is 204 Å². The fraction of sp³-hybridized carbons (Fsp3) is 0.167. The van der Waals surface area contributed by atoms with Crippen LogP contribution in [-0.2, 0) is 10.5 Å². The number of fused-ring (bicyclic) bond motifs is 1. The van der Waals surface area contributed by atoms with E-state index in [0.717, 1.165) is 30.8 Å². The first-order valence-electron chi connectivity index (χ1n) is 10.1. The Morgan fingerprint density at radius 3 is 2.61 bits per heavy atom. The first-order chi connectivity index (χ1) is 16.1. The van der Waals surface area contributed by atoms with Crippen LogP contribution in [0, 0.1) is 6.92 Å². The van der Waals surface area contributed by atoms with Gasteiger partial charge in [-0.2, -0.15) is 5.10 Å². The number of benzene rings is 3. The van der Waals surface area contributed by atoms with Gasteiger partial charge in [-0.3, -0.25) is 4.79 Å². The quantitative estimate of drug-likeness (QED) is 0.187. The number of carbonyl (C=O) groups is 1. The SMILES string of the molecule is COc1ccc2ccccc2c1/C=N/NC(=O)CSc1nnc(SCc2ccc(C)cc2)s1. The standard InChI is InChI=1S/C24H22N4O2S3/c1-16-7-9-17(10-8-16)14-31-23-27-28-24(33-23)32-15-22(29)26-25-13-20-19-6-4-3-5-18(19)11-12-21(20)30-2/h3-13H,14-15H2,1-2H3,(H,26,29)/b25-13+. The summed E-state index contributed by atoms with van der Waals surface area (Å²) in [6, 6.07) is 20.3. The summed E-state index contributed by atoms with van der Waals surface area (Å²) in [6.07, 6.45) is 1.62. The van der Waals surface area contributed by atoms with Gasteiger partial charge in [0.25, 0.3) is 5.91 Å². The van der Waals surface area contributed by atoms with E-state index in [0.29, 0.717) is 5.75 Å². The van der Waals surface area contributed by atoms with Crippen molar-refractivity contribution in [3.8, 4) is 5.75 Å². The van der Waals surface area contributed by atoms with Crippen molar-refractivity contribution in [3.63, 3.8) is 0 Å². The summed E-state index contributed by atoms with van der Waals surface area (Å²) < 4.78 is 7.10. The molecule has 0 aliphatic carbocycles. The molecule has 1 N–H and O–H groups in total. The van der Waals surface area contributed by atoms with E-state index >= 15 is 0 Å². The van der Waals surface area contributed by atoms with E-state index in [2.05, 4.69) is 51.9 Å². The lowest BCUT2D eigenvalue weighted by molar-refractivity contribution is -0.118. The Hall–Kier alpha value is -2.88. The van der Waals surface area contributed by atoms with Gasteiger partial charge < -0.3 is 4.74 Å². The smallest absolute Gasteiger partial charge is 0.250 e. The molecule has 6 nitrogen and oxygen atoms in total. The van der Waals surface area contributed by atoms with Gasteiger partial charge in [0.05, 0.1) is 19.1 Å². The molecular weight excluding hydrogens is 472 g/mol. The van der Waals surface area contributed by atoms with Crippen molar-refractivity contribution in [3.05, 3.63) is 77.4 Å². The topological polar surface area (TPSA) is 76.5 Å². The molecule has 0 saturated carbocycles. The van der Waals surface area contributed by atoms with E-state index in [9.17, 15) is 4.79 Å². The molecule has 4 rings (SSSR count). The summed E-state index contributed by atoms with van der Waals surface area (Å²) in [5, 5.41) is 14.6. The number of methoxy groups -OCH3 is 1. The third-order valence-electron chi connectivity index (χ3n) is 4.73. The predicted octanol–water partition coefficient (Wildman–Crippen LogP) is 5.54. The number of aromatic nitrogens is 2. The number of thioether (sulfide) groups is 2. The second-order valence-corrected chi connectivity index (χ2v) is 10.5. The normalized spacial score (nSPS) is 11.2. The molecule has 9 heteroatoms. The summed E-state index contributed by atoms with van der Waals surface area (Å²) in [5.74, 6) is 1.54. The van der Waals surface area contributed by atoms with Crippen molar-refractivity contribution in [1.29, 1.82) is 0 Å². The van der Waals surface area contributed by atoms with Gasteiger partial charge in [0.15, 0.2) is 8.68 Å². The molecule has 0 fully saturated rings. The van der Waals surface area contributed by atoms with Crippen LogP contribution in [0.4, 0.5) is 0 Å². The lowest BCUT2D eigenvalue weighted by Crippen LogP contribution is -2.19. The van der Waals surface area contributed by atoms with Crippen molar-refractivity contribution in [2.45, 2.75) is 21.4 Å². The minimum atomic E-state index is -0.209. The van der Waals surface area contributed by atoms with Crippen LogP contribution in [-0.4, -0.2) is 35.2 Å². The Balaban J connectivity index is 1.28. The Bertz CT molecular complexity index is 1270. The highest BCUT2D eigenvalue weighted by molar-refractivity contribution is 8.03. The number of hydrazone groups is 1. The van der Waals surface area contributed by atoms with Gasteiger partial charge in [0.1, 0.15) is 5.75 Å². The van der Waals surface area contributed by atoms with E-state index < -0.39 is 0 Å². The molecule has 0 saturated heterocycles. The molecule has 3 aromatic carbocycles. The Morgan fingerprint density at radius 1 is 1.06 bits per heavy atom. The van der Waals surface area contributed by atoms with Crippen LogP contribution in [0.2, 0.25) is 0 Å². The number of ether oxygens (including phenoxy) is 1. The summed E-state index contributed by atoms with van der Waals surface area (Å²) in [7, 11) is 1.62. The molecule has 4 aromatic rings.